The van der Waals surface area contributed by atoms with Gasteiger partial charge in [0.05, 0.1) is 10.5 Å². The van der Waals surface area contributed by atoms with Crippen LogP contribution in [0.1, 0.15) is 22.1 Å². The molecule has 0 unspecified atom stereocenters. The molecule has 0 atom stereocenters. The third-order valence-electron chi connectivity index (χ3n) is 2.59. The molecule has 0 aliphatic carbocycles. The molecule has 0 fully saturated rings. The van der Waals surface area contributed by atoms with E-state index in [2.05, 4.69) is 15.5 Å². The van der Waals surface area contributed by atoms with Gasteiger partial charge in [-0.2, -0.15) is 0 Å². The molecule has 0 saturated heterocycles. The number of rotatable bonds is 5. The summed E-state index contributed by atoms with van der Waals surface area (Å²) >= 11 is 0. The summed E-state index contributed by atoms with van der Waals surface area (Å²) < 4.78 is 10.0. The van der Waals surface area contributed by atoms with Crippen LogP contribution in [0.2, 0.25) is 0 Å². The Labute approximate surface area is 119 Å². The van der Waals surface area contributed by atoms with Crippen molar-refractivity contribution in [3.63, 3.8) is 0 Å². The van der Waals surface area contributed by atoms with Gasteiger partial charge in [-0.05, 0) is 12.1 Å². The van der Waals surface area contributed by atoms with Crippen LogP contribution in [0.4, 0.5) is 11.4 Å². The van der Waals surface area contributed by atoms with Crippen LogP contribution in [0.15, 0.2) is 22.6 Å². The van der Waals surface area contributed by atoms with E-state index < -0.39 is 10.9 Å². The number of nitrogens with zero attached hydrogens (tertiary/aromatic N) is 3. The maximum absolute atomic E-state index is 11.8. The van der Waals surface area contributed by atoms with Crippen LogP contribution in [0.25, 0.3) is 0 Å². The van der Waals surface area contributed by atoms with E-state index in [0.717, 1.165) is 6.07 Å². The van der Waals surface area contributed by atoms with Crippen molar-refractivity contribution >= 4 is 17.3 Å². The van der Waals surface area contributed by atoms with Crippen molar-refractivity contribution in [2.24, 2.45) is 0 Å². The molecule has 9 heteroatoms. The highest BCUT2D eigenvalue weighted by Gasteiger charge is 2.18. The lowest BCUT2D eigenvalue weighted by atomic mass is 10.1. The SMILES string of the molecule is CNc1ccc(C(=O)OCc2nnc(C)o2)cc1[N+](=O)[O-]. The fourth-order valence-corrected chi connectivity index (χ4v) is 1.63. The van der Waals surface area contributed by atoms with Crippen molar-refractivity contribution < 1.29 is 18.9 Å². The lowest BCUT2D eigenvalue weighted by Crippen LogP contribution is -2.07. The van der Waals surface area contributed by atoms with E-state index in [0.29, 0.717) is 11.6 Å². The first-order valence-corrected chi connectivity index (χ1v) is 5.93. The van der Waals surface area contributed by atoms with Gasteiger partial charge in [0.1, 0.15) is 5.69 Å². The molecule has 9 nitrogen and oxygen atoms in total. The molecular formula is C12H12N4O5. The van der Waals surface area contributed by atoms with Crippen LogP contribution in [0.5, 0.6) is 0 Å². The lowest BCUT2D eigenvalue weighted by Gasteiger charge is -2.05. The molecule has 0 radical (unpaired) electrons. The smallest absolute Gasteiger partial charge is 0.338 e. The first-order valence-electron chi connectivity index (χ1n) is 5.93. The standard InChI is InChI=1S/C12H12N4O5/c1-7-14-15-11(21-7)6-20-12(17)8-3-4-9(13-2)10(5-8)16(18)19/h3-5,13H,6H2,1-2H3. The average molecular weight is 292 g/mol. The van der Waals surface area contributed by atoms with Crippen LogP contribution in [0, 0.1) is 17.0 Å². The Hall–Kier alpha value is -2.97. The highest BCUT2D eigenvalue weighted by molar-refractivity contribution is 5.91. The number of ether oxygens (including phenoxy) is 1. The monoisotopic (exact) mass is 292 g/mol. The number of hydrogen-bond acceptors (Lipinski definition) is 8. The number of hydrogen-bond donors (Lipinski definition) is 1. The van der Waals surface area contributed by atoms with Crippen molar-refractivity contribution in [3.05, 3.63) is 45.7 Å². The first kappa shape index (κ1) is 14.4. The summed E-state index contributed by atoms with van der Waals surface area (Å²) in [6.45, 7) is 1.42. The van der Waals surface area contributed by atoms with E-state index in [1.807, 2.05) is 0 Å². The molecule has 0 amide bonds. The fraction of sp³-hybridized carbons (Fsp3) is 0.250. The molecule has 1 heterocycles. The van der Waals surface area contributed by atoms with Crippen molar-refractivity contribution in [1.82, 2.24) is 10.2 Å². The Morgan fingerprint density at radius 1 is 1.48 bits per heavy atom. The topological polar surface area (TPSA) is 120 Å². The van der Waals surface area contributed by atoms with Gasteiger partial charge >= 0.3 is 5.97 Å². The normalized spacial score (nSPS) is 10.2. The van der Waals surface area contributed by atoms with Gasteiger partial charge in [0.2, 0.25) is 5.89 Å². The third-order valence-corrected chi connectivity index (χ3v) is 2.59. The summed E-state index contributed by atoms with van der Waals surface area (Å²) in [4.78, 5) is 22.2. The predicted octanol–water partition coefficient (Wildman–Crippen LogP) is 1.68. The summed E-state index contributed by atoms with van der Waals surface area (Å²) in [7, 11) is 1.55. The second-order valence-corrected chi connectivity index (χ2v) is 4.03. The van der Waals surface area contributed by atoms with Crippen molar-refractivity contribution in [2.75, 3.05) is 12.4 Å². The van der Waals surface area contributed by atoms with Crippen LogP contribution in [-0.2, 0) is 11.3 Å². The van der Waals surface area contributed by atoms with Crippen molar-refractivity contribution in [1.29, 1.82) is 0 Å². The van der Waals surface area contributed by atoms with E-state index in [4.69, 9.17) is 9.15 Å². The second-order valence-electron chi connectivity index (χ2n) is 4.03. The summed E-state index contributed by atoms with van der Waals surface area (Å²) in [6, 6.07) is 4.01. The first-order chi connectivity index (χ1) is 10.0. The molecule has 110 valence electrons. The van der Waals surface area contributed by atoms with Gasteiger partial charge in [0.15, 0.2) is 6.61 Å². The number of esters is 1. The van der Waals surface area contributed by atoms with Gasteiger partial charge in [-0.1, -0.05) is 0 Å². The maximum Gasteiger partial charge on any atom is 0.338 e. The average Bonchev–Trinajstić information content (AvgIpc) is 2.89. The highest BCUT2D eigenvalue weighted by Crippen LogP contribution is 2.25. The summed E-state index contributed by atoms with van der Waals surface area (Å²) in [6.07, 6.45) is 0. The van der Waals surface area contributed by atoms with Gasteiger partial charge in [-0.25, -0.2) is 4.79 Å². The number of anilines is 1. The minimum atomic E-state index is -0.711. The molecule has 2 rings (SSSR count). The van der Waals surface area contributed by atoms with Crippen molar-refractivity contribution in [2.45, 2.75) is 13.5 Å². The number of nitro groups is 1. The van der Waals surface area contributed by atoms with E-state index in [1.165, 1.54) is 12.1 Å². The number of benzene rings is 1. The van der Waals surface area contributed by atoms with Gasteiger partial charge in [-0.15, -0.1) is 10.2 Å². The maximum atomic E-state index is 11.8. The molecule has 0 spiro atoms. The number of nitrogens with one attached hydrogen (secondary N) is 1. The van der Waals surface area contributed by atoms with Gasteiger partial charge in [-0.3, -0.25) is 10.1 Å². The number of carbonyl (C=O) groups excluding carboxylic acids is 1. The molecular weight excluding hydrogens is 280 g/mol. The number of nitro benzene ring substituents is 1. The number of aryl methyl sites for hydroxylation is 1. The zero-order valence-corrected chi connectivity index (χ0v) is 11.3. The fourth-order valence-electron chi connectivity index (χ4n) is 1.63. The Morgan fingerprint density at radius 2 is 2.24 bits per heavy atom. The van der Waals surface area contributed by atoms with E-state index in [1.54, 1.807) is 14.0 Å². The molecule has 0 bridgehead atoms. The Morgan fingerprint density at radius 3 is 2.81 bits per heavy atom. The van der Waals surface area contributed by atoms with Gasteiger partial charge in [0.25, 0.3) is 11.6 Å². The highest BCUT2D eigenvalue weighted by atomic mass is 16.6. The summed E-state index contributed by atoms with van der Waals surface area (Å²) in [5.74, 6) is -0.200. The zero-order valence-electron chi connectivity index (χ0n) is 11.3. The van der Waals surface area contributed by atoms with Crippen LogP contribution in [-0.4, -0.2) is 28.1 Å². The van der Waals surface area contributed by atoms with E-state index in [9.17, 15) is 14.9 Å². The molecule has 0 aliphatic rings. The third kappa shape index (κ3) is 3.32. The molecule has 1 aromatic carbocycles. The minimum absolute atomic E-state index is 0.0666. The summed E-state index contributed by atoms with van der Waals surface area (Å²) in [5.41, 5.74) is 0.168. The van der Waals surface area contributed by atoms with Crippen LogP contribution >= 0.6 is 0 Å². The molecule has 0 saturated carbocycles. The molecule has 21 heavy (non-hydrogen) atoms. The minimum Gasteiger partial charge on any atom is -0.452 e. The van der Waals surface area contributed by atoms with Crippen LogP contribution in [0.3, 0.4) is 0 Å². The van der Waals surface area contributed by atoms with E-state index >= 15 is 0 Å². The van der Waals surface area contributed by atoms with Gasteiger partial charge < -0.3 is 14.5 Å². The lowest BCUT2D eigenvalue weighted by molar-refractivity contribution is -0.384. The zero-order chi connectivity index (χ0) is 15.4. The summed E-state index contributed by atoms with van der Waals surface area (Å²) in [5, 5.41) is 20.9. The Bertz CT molecular complexity index is 682. The molecule has 0 aliphatic heterocycles. The number of aromatic nitrogens is 2. The van der Waals surface area contributed by atoms with Crippen LogP contribution < -0.4 is 5.32 Å². The molecule has 1 N–H and O–H groups in total. The molecule has 2 aromatic rings. The van der Waals surface area contributed by atoms with E-state index in [-0.39, 0.29) is 23.7 Å². The Kier molecular flexibility index (Phi) is 4.12. The Balaban J connectivity index is 2.12. The second kappa shape index (κ2) is 5.99. The quantitative estimate of drug-likeness (QED) is 0.502. The molecule has 1 aromatic heterocycles. The van der Waals surface area contributed by atoms with Crippen molar-refractivity contribution in [3.8, 4) is 0 Å². The largest absolute Gasteiger partial charge is 0.452 e. The predicted molar refractivity (Wildman–Crippen MR) is 70.8 cm³/mol. The number of carbonyl (C=O) groups is 1. The van der Waals surface area contributed by atoms with Gasteiger partial charge in [0, 0.05) is 20.0 Å².